The van der Waals surface area contributed by atoms with Crippen LogP contribution in [0, 0.1) is 5.82 Å². The number of pyridine rings is 1. The molecule has 1 amide bonds. The first-order chi connectivity index (χ1) is 17.9. The van der Waals surface area contributed by atoms with Crippen LogP contribution in [0.15, 0.2) is 42.7 Å². The Hall–Kier alpha value is -3.25. The lowest BCUT2D eigenvalue weighted by Crippen LogP contribution is -2.42. The van der Waals surface area contributed by atoms with Crippen LogP contribution in [0.2, 0.25) is 0 Å². The monoisotopic (exact) mass is 548 g/mol. The third-order valence-corrected chi connectivity index (χ3v) is 8.92. The highest BCUT2D eigenvalue weighted by Gasteiger charge is 2.37. The number of benzene rings is 1. The molecule has 3 aromatic rings. The van der Waals surface area contributed by atoms with Gasteiger partial charge in [-0.25, -0.2) is 26.9 Å². The molecule has 5 rings (SSSR count). The van der Waals surface area contributed by atoms with Gasteiger partial charge in [0.15, 0.2) is 0 Å². The minimum absolute atomic E-state index is 0.0123. The molecule has 2 aliphatic rings. The van der Waals surface area contributed by atoms with Crippen LogP contribution in [0.5, 0.6) is 5.75 Å². The number of rotatable bonds is 6. The van der Waals surface area contributed by atoms with Gasteiger partial charge in [-0.15, -0.1) is 0 Å². The molecule has 0 bridgehead atoms. The molecule has 1 aromatic carbocycles. The van der Waals surface area contributed by atoms with Crippen molar-refractivity contribution in [2.24, 2.45) is 0 Å². The smallest absolute Gasteiger partial charge is 0.283 e. The van der Waals surface area contributed by atoms with E-state index in [9.17, 15) is 22.0 Å². The molecule has 9 nitrogen and oxygen atoms in total. The van der Waals surface area contributed by atoms with E-state index < -0.39 is 38.7 Å². The highest BCUT2D eigenvalue weighted by atomic mass is 32.2. The molecule has 204 valence electrons. The lowest BCUT2D eigenvalue weighted by atomic mass is 10.0. The van der Waals surface area contributed by atoms with Crippen molar-refractivity contribution in [2.45, 2.75) is 56.7 Å². The van der Waals surface area contributed by atoms with E-state index in [-0.39, 0.29) is 24.8 Å². The molecule has 1 N–H and O–H groups in total. The number of nitrogens with one attached hydrogen (secondary N) is 1. The van der Waals surface area contributed by atoms with Crippen molar-refractivity contribution in [1.29, 1.82) is 0 Å². The third-order valence-electron chi connectivity index (χ3n) is 6.85. The van der Waals surface area contributed by atoms with E-state index in [1.54, 1.807) is 29.3 Å². The summed E-state index contributed by atoms with van der Waals surface area (Å²) in [7, 11) is -3.95. The summed E-state index contributed by atoms with van der Waals surface area (Å²) < 4.78 is 68.1. The fourth-order valence-electron chi connectivity index (χ4n) is 4.67. The summed E-state index contributed by atoms with van der Waals surface area (Å²) in [5, 5.41) is 0. The predicted molar refractivity (Wildman–Crippen MR) is 137 cm³/mol. The summed E-state index contributed by atoms with van der Waals surface area (Å²) in [6.07, 6.45) is 2.39. The Morgan fingerprint density at radius 2 is 2.03 bits per heavy atom. The molecule has 0 unspecified atom stereocenters. The van der Waals surface area contributed by atoms with Crippen molar-refractivity contribution in [3.63, 3.8) is 0 Å². The van der Waals surface area contributed by atoms with Crippen molar-refractivity contribution in [2.75, 3.05) is 24.7 Å². The van der Waals surface area contributed by atoms with E-state index in [1.165, 1.54) is 43.5 Å². The lowest BCUT2D eigenvalue weighted by Gasteiger charge is -2.29. The number of hydrogen-bond donors (Lipinski definition) is 1. The van der Waals surface area contributed by atoms with Crippen LogP contribution in [0.4, 0.5) is 14.5 Å². The van der Waals surface area contributed by atoms with Crippen molar-refractivity contribution in [3.8, 4) is 5.75 Å². The fraction of sp³-hybridized carbons (Fsp3) is 0.462. The standard InChI is InChI=1S/C26H30F2N4O5S/c1-26(2,3)38(34,35)30-25(33)22-12-29-24-7-5-18(14-32(22)24)31-13-17(28)11-21(31)20-10-16(27)4-6-23(20)37-19-8-9-36-15-19/h4-7,10,12,14,17,19,21H,8-9,11,13,15H2,1-3H3,(H,30,33)/t17-,19+,21+/m0/s1. The van der Waals surface area contributed by atoms with E-state index in [4.69, 9.17) is 9.47 Å². The van der Waals surface area contributed by atoms with Crippen LogP contribution < -0.4 is 14.4 Å². The van der Waals surface area contributed by atoms with Gasteiger partial charge >= 0.3 is 0 Å². The molecule has 2 fully saturated rings. The molecule has 0 aliphatic carbocycles. The SMILES string of the molecule is CC(C)(C)S(=O)(=O)NC(=O)c1cnc2ccc(N3C[C@@H](F)C[C@@H]3c3cc(F)ccc3O[C@@H]3CCOC3)cn12. The van der Waals surface area contributed by atoms with Crippen molar-refractivity contribution in [1.82, 2.24) is 14.1 Å². The molecule has 3 atom stereocenters. The summed E-state index contributed by atoms with van der Waals surface area (Å²) in [5.74, 6) is -0.811. The number of imidazole rings is 1. The molecular weight excluding hydrogens is 518 g/mol. The van der Waals surface area contributed by atoms with E-state index in [2.05, 4.69) is 9.71 Å². The third kappa shape index (κ3) is 5.06. The first-order valence-electron chi connectivity index (χ1n) is 12.4. The number of fused-ring (bicyclic) bond motifs is 1. The zero-order valence-corrected chi connectivity index (χ0v) is 22.2. The number of amides is 1. The lowest BCUT2D eigenvalue weighted by molar-refractivity contribution is 0.0975. The number of hydrogen-bond acceptors (Lipinski definition) is 7. The molecule has 0 spiro atoms. The average Bonchev–Trinajstić information content (AvgIpc) is 3.58. The van der Waals surface area contributed by atoms with Gasteiger partial charge in [0.1, 0.15) is 35.2 Å². The number of anilines is 1. The van der Waals surface area contributed by atoms with Crippen LogP contribution in [0.3, 0.4) is 0 Å². The Morgan fingerprint density at radius 3 is 2.74 bits per heavy atom. The molecule has 38 heavy (non-hydrogen) atoms. The molecule has 0 radical (unpaired) electrons. The molecule has 2 aromatic heterocycles. The highest BCUT2D eigenvalue weighted by molar-refractivity contribution is 7.91. The summed E-state index contributed by atoms with van der Waals surface area (Å²) in [6, 6.07) is 7.11. The van der Waals surface area contributed by atoms with Gasteiger partial charge in [0.25, 0.3) is 5.91 Å². The first kappa shape index (κ1) is 26.4. The van der Waals surface area contributed by atoms with Crippen LogP contribution in [-0.2, 0) is 14.8 Å². The van der Waals surface area contributed by atoms with Crippen LogP contribution >= 0.6 is 0 Å². The van der Waals surface area contributed by atoms with Gasteiger partial charge in [-0.3, -0.25) is 9.20 Å². The highest BCUT2D eigenvalue weighted by Crippen LogP contribution is 2.42. The van der Waals surface area contributed by atoms with Gasteiger partial charge in [0, 0.05) is 31.1 Å². The number of carbonyl (C=O) groups is 1. The number of nitrogens with zero attached hydrogens (tertiary/aromatic N) is 3. The molecule has 12 heteroatoms. The minimum Gasteiger partial charge on any atom is -0.488 e. The Morgan fingerprint density at radius 1 is 1.24 bits per heavy atom. The van der Waals surface area contributed by atoms with E-state index in [0.717, 1.165) is 0 Å². The molecule has 0 saturated carbocycles. The summed E-state index contributed by atoms with van der Waals surface area (Å²) >= 11 is 0. The largest absolute Gasteiger partial charge is 0.488 e. The van der Waals surface area contributed by atoms with Gasteiger partial charge in [0.05, 0.1) is 35.9 Å². The molecular formula is C26H30F2N4O5S. The Labute approximate surface area is 219 Å². The normalized spacial score (nSPS) is 22.2. The van der Waals surface area contributed by atoms with Crippen LogP contribution in [0.25, 0.3) is 5.65 Å². The number of halogens is 2. The summed E-state index contributed by atoms with van der Waals surface area (Å²) in [4.78, 5) is 18.9. The Balaban J connectivity index is 1.49. The van der Waals surface area contributed by atoms with Crippen LogP contribution in [-0.4, -0.2) is 60.5 Å². The summed E-state index contributed by atoms with van der Waals surface area (Å²) in [5.41, 5.74) is 1.51. The average molecular weight is 549 g/mol. The zero-order chi connectivity index (χ0) is 27.2. The van der Waals surface area contributed by atoms with Crippen molar-refractivity contribution >= 4 is 27.3 Å². The van der Waals surface area contributed by atoms with Gasteiger partial charge < -0.3 is 14.4 Å². The maximum absolute atomic E-state index is 14.8. The second kappa shape index (κ2) is 9.81. The maximum Gasteiger partial charge on any atom is 0.283 e. The second-order valence-corrected chi connectivity index (χ2v) is 13.0. The topological polar surface area (TPSA) is 102 Å². The molecule has 4 heterocycles. The Kier molecular flexibility index (Phi) is 6.80. The minimum atomic E-state index is -3.95. The second-order valence-electron chi connectivity index (χ2n) is 10.6. The number of alkyl halides is 1. The zero-order valence-electron chi connectivity index (χ0n) is 21.4. The van der Waals surface area contributed by atoms with E-state index >= 15 is 0 Å². The number of aromatic nitrogens is 2. The van der Waals surface area contributed by atoms with Crippen molar-refractivity contribution < 1.29 is 31.5 Å². The predicted octanol–water partition coefficient (Wildman–Crippen LogP) is 3.79. The van der Waals surface area contributed by atoms with Crippen molar-refractivity contribution in [3.05, 3.63) is 59.8 Å². The number of carbonyl (C=O) groups excluding carboxylic acids is 1. The number of ether oxygens (including phenoxy) is 2. The number of sulfonamides is 1. The van der Waals surface area contributed by atoms with E-state index in [0.29, 0.717) is 42.3 Å². The van der Waals surface area contributed by atoms with Gasteiger partial charge in [0.2, 0.25) is 10.0 Å². The van der Waals surface area contributed by atoms with Crippen LogP contribution in [0.1, 0.15) is 55.7 Å². The summed E-state index contributed by atoms with van der Waals surface area (Å²) in [6.45, 7) is 5.53. The molecule has 2 saturated heterocycles. The van der Waals surface area contributed by atoms with E-state index in [1.807, 2.05) is 0 Å². The van der Waals surface area contributed by atoms with Gasteiger partial charge in [-0.05, 0) is 51.1 Å². The first-order valence-corrected chi connectivity index (χ1v) is 13.9. The Bertz CT molecular complexity index is 1460. The van der Waals surface area contributed by atoms with Gasteiger partial charge in [-0.2, -0.15) is 0 Å². The fourth-order valence-corrected chi connectivity index (χ4v) is 5.33. The molecule has 2 aliphatic heterocycles. The maximum atomic E-state index is 14.8. The van der Waals surface area contributed by atoms with Gasteiger partial charge in [-0.1, -0.05) is 0 Å². The quantitative estimate of drug-likeness (QED) is 0.500.